The number of aliphatic hydroxyl groups excluding tert-OH is 1. The monoisotopic (exact) mass is 265 g/mol. The fourth-order valence-corrected chi connectivity index (χ4v) is 3.01. The number of anilines is 1. The fraction of sp³-hybridized carbons (Fsp3) is 0.625. The van der Waals surface area contributed by atoms with Crippen LogP contribution in [0.2, 0.25) is 0 Å². The van der Waals surface area contributed by atoms with Crippen LogP contribution < -0.4 is 4.90 Å². The first-order valence-corrected chi connectivity index (χ1v) is 7.27. The molecule has 2 nitrogen and oxygen atoms in total. The molecule has 1 aliphatic carbocycles. The van der Waals surface area contributed by atoms with Crippen LogP contribution in [0, 0.1) is 11.7 Å². The second-order valence-corrected chi connectivity index (χ2v) is 5.92. The molecule has 1 aliphatic rings. The Morgan fingerprint density at radius 3 is 2.58 bits per heavy atom. The van der Waals surface area contributed by atoms with E-state index in [1.807, 2.05) is 6.07 Å². The molecule has 0 bridgehead atoms. The van der Waals surface area contributed by atoms with Gasteiger partial charge in [0, 0.05) is 23.8 Å². The topological polar surface area (TPSA) is 23.5 Å². The highest BCUT2D eigenvalue weighted by Crippen LogP contribution is 2.31. The van der Waals surface area contributed by atoms with Crippen LogP contribution in [0.3, 0.4) is 0 Å². The average Bonchev–Trinajstić information content (AvgIpc) is 2.89. The zero-order valence-corrected chi connectivity index (χ0v) is 11.9. The number of nitrogens with zero attached hydrogens (tertiary/aromatic N) is 1. The van der Waals surface area contributed by atoms with E-state index < -0.39 is 0 Å². The summed E-state index contributed by atoms with van der Waals surface area (Å²) in [6.07, 6.45) is 4.95. The summed E-state index contributed by atoms with van der Waals surface area (Å²) < 4.78 is 13.3. The molecule has 0 amide bonds. The summed E-state index contributed by atoms with van der Waals surface area (Å²) in [7, 11) is 0. The van der Waals surface area contributed by atoms with Crippen molar-refractivity contribution in [1.82, 2.24) is 0 Å². The van der Waals surface area contributed by atoms with Gasteiger partial charge in [-0.15, -0.1) is 0 Å². The van der Waals surface area contributed by atoms with E-state index in [9.17, 15) is 9.50 Å². The first-order chi connectivity index (χ1) is 9.11. The van der Waals surface area contributed by atoms with Gasteiger partial charge in [0.1, 0.15) is 5.82 Å². The summed E-state index contributed by atoms with van der Waals surface area (Å²) in [6.45, 7) is 5.26. The Kier molecular flexibility index (Phi) is 4.81. The molecular weight excluding hydrogens is 241 g/mol. The Labute approximate surface area is 115 Å². The van der Waals surface area contributed by atoms with Crippen LogP contribution in [0.5, 0.6) is 0 Å². The lowest BCUT2D eigenvalue weighted by molar-refractivity contribution is 0.281. The Bertz CT molecular complexity index is 413. The van der Waals surface area contributed by atoms with Gasteiger partial charge in [-0.3, -0.25) is 0 Å². The van der Waals surface area contributed by atoms with Crippen LogP contribution in [-0.2, 0) is 6.61 Å². The molecule has 0 heterocycles. The highest BCUT2D eigenvalue weighted by Gasteiger charge is 2.25. The van der Waals surface area contributed by atoms with Gasteiger partial charge in [0.25, 0.3) is 0 Å². The van der Waals surface area contributed by atoms with Crippen molar-refractivity contribution in [2.24, 2.45) is 5.92 Å². The second-order valence-electron chi connectivity index (χ2n) is 5.92. The summed E-state index contributed by atoms with van der Waals surface area (Å²) in [5.41, 5.74) is 1.71. The molecule has 2 rings (SSSR count). The smallest absolute Gasteiger partial charge is 0.123 e. The van der Waals surface area contributed by atoms with E-state index in [2.05, 4.69) is 18.7 Å². The molecule has 0 aromatic heterocycles. The zero-order valence-electron chi connectivity index (χ0n) is 11.9. The molecule has 1 aromatic carbocycles. The Balaban J connectivity index is 2.30. The van der Waals surface area contributed by atoms with Crippen LogP contribution in [0.25, 0.3) is 0 Å². The molecule has 0 aliphatic heterocycles. The molecule has 106 valence electrons. The molecule has 1 N–H and O–H groups in total. The normalized spacial score (nSPS) is 16.3. The van der Waals surface area contributed by atoms with Gasteiger partial charge in [0.2, 0.25) is 0 Å². The Morgan fingerprint density at radius 1 is 1.32 bits per heavy atom. The number of benzene rings is 1. The van der Waals surface area contributed by atoms with Gasteiger partial charge in [-0.25, -0.2) is 4.39 Å². The van der Waals surface area contributed by atoms with Gasteiger partial charge >= 0.3 is 0 Å². The molecule has 3 heteroatoms. The van der Waals surface area contributed by atoms with E-state index >= 15 is 0 Å². The minimum Gasteiger partial charge on any atom is -0.392 e. The summed E-state index contributed by atoms with van der Waals surface area (Å²) in [5.74, 6) is 0.279. The minimum atomic E-state index is -0.274. The predicted molar refractivity (Wildman–Crippen MR) is 76.8 cm³/mol. The molecule has 0 radical (unpaired) electrons. The van der Waals surface area contributed by atoms with Gasteiger partial charge in [0.15, 0.2) is 0 Å². The van der Waals surface area contributed by atoms with Crippen molar-refractivity contribution in [3.05, 3.63) is 29.6 Å². The van der Waals surface area contributed by atoms with Gasteiger partial charge in [-0.05, 0) is 37.0 Å². The third-order valence-electron chi connectivity index (χ3n) is 3.85. The quantitative estimate of drug-likeness (QED) is 0.877. The van der Waals surface area contributed by atoms with Crippen molar-refractivity contribution in [2.75, 3.05) is 11.4 Å². The third kappa shape index (κ3) is 3.47. The Morgan fingerprint density at radius 2 is 2.00 bits per heavy atom. The van der Waals surface area contributed by atoms with Crippen LogP contribution in [-0.4, -0.2) is 17.7 Å². The third-order valence-corrected chi connectivity index (χ3v) is 3.85. The molecule has 0 spiro atoms. The zero-order chi connectivity index (χ0) is 13.8. The maximum absolute atomic E-state index is 13.3. The van der Waals surface area contributed by atoms with Gasteiger partial charge in [0.05, 0.1) is 6.61 Å². The number of hydrogen-bond donors (Lipinski definition) is 1. The summed E-state index contributed by atoms with van der Waals surface area (Å²) in [4.78, 5) is 2.38. The van der Waals surface area contributed by atoms with Crippen LogP contribution in [0.4, 0.5) is 10.1 Å². The largest absolute Gasteiger partial charge is 0.392 e. The van der Waals surface area contributed by atoms with Crippen LogP contribution in [0.15, 0.2) is 18.2 Å². The minimum absolute atomic E-state index is 0.103. The van der Waals surface area contributed by atoms with Crippen molar-refractivity contribution in [3.63, 3.8) is 0 Å². The first-order valence-electron chi connectivity index (χ1n) is 7.27. The number of aliphatic hydroxyl groups is 1. The summed E-state index contributed by atoms with van der Waals surface area (Å²) in [6, 6.07) is 5.31. The fourth-order valence-electron chi connectivity index (χ4n) is 3.01. The van der Waals surface area contributed by atoms with Crippen molar-refractivity contribution < 1.29 is 9.50 Å². The molecule has 1 saturated carbocycles. The highest BCUT2D eigenvalue weighted by molar-refractivity contribution is 5.54. The van der Waals surface area contributed by atoms with Crippen molar-refractivity contribution in [2.45, 2.75) is 52.2 Å². The summed E-state index contributed by atoms with van der Waals surface area (Å²) in [5, 5.41) is 9.48. The van der Waals surface area contributed by atoms with E-state index in [4.69, 9.17) is 0 Å². The highest BCUT2D eigenvalue weighted by atomic mass is 19.1. The lowest BCUT2D eigenvalue weighted by atomic mass is 10.1. The molecule has 0 atom stereocenters. The molecule has 0 saturated heterocycles. The van der Waals surface area contributed by atoms with Crippen molar-refractivity contribution >= 4 is 5.69 Å². The number of hydrogen-bond acceptors (Lipinski definition) is 2. The number of halogens is 1. The van der Waals surface area contributed by atoms with E-state index in [1.165, 1.54) is 37.8 Å². The first kappa shape index (κ1) is 14.3. The van der Waals surface area contributed by atoms with E-state index in [-0.39, 0.29) is 12.4 Å². The maximum Gasteiger partial charge on any atom is 0.123 e. The molecule has 1 aromatic rings. The SMILES string of the molecule is CC(C)CN(c1ccc(F)cc1CO)C1CCCC1. The lowest BCUT2D eigenvalue weighted by Gasteiger charge is -2.34. The van der Waals surface area contributed by atoms with E-state index in [0.29, 0.717) is 17.5 Å². The van der Waals surface area contributed by atoms with Gasteiger partial charge in [-0.2, -0.15) is 0 Å². The van der Waals surface area contributed by atoms with Gasteiger partial charge in [-0.1, -0.05) is 26.7 Å². The predicted octanol–water partition coefficient (Wildman–Crippen LogP) is 3.72. The van der Waals surface area contributed by atoms with Crippen LogP contribution in [0.1, 0.15) is 45.1 Å². The second kappa shape index (κ2) is 6.38. The van der Waals surface area contributed by atoms with E-state index in [0.717, 1.165) is 12.2 Å². The molecule has 19 heavy (non-hydrogen) atoms. The van der Waals surface area contributed by atoms with Crippen molar-refractivity contribution in [1.29, 1.82) is 0 Å². The van der Waals surface area contributed by atoms with E-state index in [1.54, 1.807) is 0 Å². The Hall–Kier alpha value is -1.09. The maximum atomic E-state index is 13.3. The molecule has 1 fully saturated rings. The van der Waals surface area contributed by atoms with Crippen LogP contribution >= 0.6 is 0 Å². The molecular formula is C16H24FNO. The van der Waals surface area contributed by atoms with Crippen molar-refractivity contribution in [3.8, 4) is 0 Å². The standard InChI is InChI=1S/C16H24FNO/c1-12(2)10-18(15-5-3-4-6-15)16-8-7-14(17)9-13(16)11-19/h7-9,12,15,19H,3-6,10-11H2,1-2H3. The van der Waals surface area contributed by atoms with Gasteiger partial charge < -0.3 is 10.0 Å². The summed E-state index contributed by atoms with van der Waals surface area (Å²) >= 11 is 0. The average molecular weight is 265 g/mol. The molecule has 0 unspecified atom stereocenters. The lowest BCUT2D eigenvalue weighted by Crippen LogP contribution is -2.37. The number of rotatable bonds is 5.